The van der Waals surface area contributed by atoms with Gasteiger partial charge in [-0.05, 0) is 150 Å². The van der Waals surface area contributed by atoms with Crippen molar-refractivity contribution in [3.05, 3.63) is 117 Å². The molecule has 2 fully saturated rings. The number of likely N-dealkylation sites (N-methyl/N-ethyl adjacent to an activating group) is 1. The minimum Gasteiger partial charge on any atom is -0.756 e. The van der Waals surface area contributed by atoms with Crippen LogP contribution in [-0.2, 0) is 78.3 Å². The van der Waals surface area contributed by atoms with Gasteiger partial charge in [-0.1, -0.05) is 40.7 Å². The van der Waals surface area contributed by atoms with Crippen molar-refractivity contribution in [3.8, 4) is 0 Å². The molecule has 23 N–H and O–H groups in total. The Morgan fingerprint density at radius 2 is 1.42 bits per heavy atom. The maximum absolute atomic E-state index is 14.4. The van der Waals surface area contributed by atoms with Gasteiger partial charge in [0.2, 0.25) is 47.3 Å². The fourth-order valence-electron chi connectivity index (χ4n) is 18.7. The van der Waals surface area contributed by atoms with Crippen molar-refractivity contribution in [1.82, 2.24) is 30.2 Å². The number of aromatic amines is 1. The molecular formula is C83H116CoN20O20P. The van der Waals surface area contributed by atoms with Crippen molar-refractivity contribution in [2.45, 2.75) is 214 Å². The number of carboxylic acids is 2. The van der Waals surface area contributed by atoms with Gasteiger partial charge in [0.05, 0.1) is 47.3 Å². The van der Waals surface area contributed by atoms with Crippen LogP contribution in [0.25, 0.3) is 16.4 Å². The van der Waals surface area contributed by atoms with E-state index in [1.165, 1.54) is 30.0 Å². The number of allylic oxidation sites excluding steroid dienone is 6. The van der Waals surface area contributed by atoms with Crippen LogP contribution in [-0.4, -0.2) is 198 Å². The number of H-pyrrole nitrogens is 1. The third-order valence-electron chi connectivity index (χ3n) is 25.7. The van der Waals surface area contributed by atoms with Crippen molar-refractivity contribution in [1.29, 1.82) is 0 Å². The number of rotatable bonds is 35. The first-order valence-corrected chi connectivity index (χ1v) is 42.1. The van der Waals surface area contributed by atoms with Crippen molar-refractivity contribution in [2.24, 2.45) is 94.7 Å². The molecule has 0 saturated carbocycles. The second-order valence-electron chi connectivity index (χ2n) is 34.5. The SMILES string of the molecule is C/C1=C2/[N-][C@H]([C@H](CC(N)=O)[C@@]2(C)CCC(=O)NC[C@@H](C)OP(=O)([O-])O[C@H]2[C@@H](O)[C@@H](n3cnc4cc(C)c(C)cc43)O[C@@H]2CO)[C@]2(C)N=C(/C(C)=C3N=C(/C=C4N=C1[C@@H](CCC(N)=O)C\4(C)C)[C@@H](CCC(N)=O)[C@]\3(C)CC(N)=O)[C@@H](CCC(N)=O)[C@]2(C)CC(N)=O.CN1c2c(nc(N)[nH]c2=O)NC[C@@H]1CNc1ccc(C(=O)N[C@@H](CCC(=O)O)C(=O)O)cc1.[CH3-].[Co+3]. The van der Waals surface area contributed by atoms with Crippen molar-refractivity contribution < 1.29 is 108 Å². The van der Waals surface area contributed by atoms with Gasteiger partial charge in [0.1, 0.15) is 30.0 Å². The van der Waals surface area contributed by atoms with E-state index < -0.39 is 167 Å². The number of amides is 8. The Hall–Kier alpha value is -10.8. The molecule has 40 nitrogen and oxygen atoms in total. The third kappa shape index (κ3) is 21.2. The number of aromatic nitrogens is 4. The van der Waals surface area contributed by atoms with Crippen LogP contribution >= 0.6 is 7.82 Å². The number of aliphatic hydroxyl groups is 2. The number of carbonyl (C=O) groups excluding carboxylic acids is 8. The number of fused-ring (bicyclic) bond motifs is 8. The number of nitrogen functional groups attached to an aromatic ring is 1. The normalized spacial score (nSPS) is 28.8. The van der Waals surface area contributed by atoms with Gasteiger partial charge in [-0.3, -0.25) is 72.5 Å². The zero-order valence-corrected chi connectivity index (χ0v) is 74.2. The summed E-state index contributed by atoms with van der Waals surface area (Å²) in [5, 5.41) is 56.7. The second-order valence-corrected chi connectivity index (χ2v) is 35.9. The number of ether oxygens (including phenoxy) is 1. The van der Waals surface area contributed by atoms with Gasteiger partial charge in [0, 0.05) is 146 Å². The number of hydrogen-bond acceptors (Lipinski definition) is 27. The summed E-state index contributed by atoms with van der Waals surface area (Å²) in [6.45, 7) is 20.0. The summed E-state index contributed by atoms with van der Waals surface area (Å²) in [5.41, 5.74) is 43.3. The minimum absolute atomic E-state index is 0. The number of primary amides is 6. The topological polar surface area (TPSA) is 668 Å². The standard InChI is InChI=1S/C62H90N13O14P.C20H25N7O6.CH3.Co/c1-29-20-39-40(21-30(29)2)75(28-70-39)57-52(84)53(41(27-76)87-57)89-90(85,86)88-31(3)26-69-49(83)18-19-59(8)37(22-46(66)80)56-62(11)61(10,25-48(68)82)36(14-17-45(65)79)51(74-62)33(5)55-60(9,24-47(67)81)34(12-15-43(63)77)38(71-55)23-42-58(6,7)35(13-16-44(64)78)50(72-42)32(4)54(59)73-56;1-27-12(9-23-16-15(27)18(31)26-20(21)25-16)8-22-11-4-2-10(3-5-11)17(30)24-13(19(32)33)6-7-14(28)29;;/h20-21,23,28,31,34-37,41,52-53,56-57,76,84H,12-19,22,24-27H2,1-11H3,(H15,63,64,65,66,67,68,69,71,72,73,74,77,78,79,80,81,82,83,85,86);2-5,12-13,22H,6-9H2,1H3,(H,24,30)(H,28,29)(H,32,33)(H4,21,23,25,26,31);1H3;/q;;-1;+3/p-2/t31-,34-,35-,36-,37+,41-,52-,53-,56-,57+,59-,60+,61+,62+;12-,13-;;/m10../s1. The second kappa shape index (κ2) is 39.4. The molecular weight excluding hydrogens is 1690 g/mol. The van der Waals surface area contributed by atoms with Crippen LogP contribution in [0.2, 0.25) is 0 Å². The molecule has 42 heteroatoms. The Bertz CT molecular complexity index is 5180. The van der Waals surface area contributed by atoms with Crippen molar-refractivity contribution in [2.75, 3.05) is 54.6 Å². The van der Waals surface area contributed by atoms with E-state index in [1.807, 2.05) is 85.4 Å². The minimum atomic E-state index is -5.32. The first-order chi connectivity index (χ1) is 57.5. The molecule has 9 heterocycles. The van der Waals surface area contributed by atoms with Crippen LogP contribution in [0.4, 0.5) is 23.1 Å². The number of nitrogens with zero attached hydrogens (tertiary/aromatic N) is 8. The van der Waals surface area contributed by atoms with Crippen LogP contribution in [0.15, 0.2) is 96.8 Å². The summed E-state index contributed by atoms with van der Waals surface area (Å²) < 4.78 is 31.9. The number of aliphatic imine (C=N–C) groups is 3. The van der Waals surface area contributed by atoms with Crippen LogP contribution in [0, 0.1) is 66.6 Å². The zero-order valence-electron chi connectivity index (χ0n) is 72.3. The molecule has 11 rings (SSSR count). The van der Waals surface area contributed by atoms with Crippen LogP contribution in [0.3, 0.4) is 0 Å². The first kappa shape index (κ1) is 99.6. The van der Waals surface area contributed by atoms with E-state index in [1.54, 1.807) is 26.1 Å². The largest absolute Gasteiger partial charge is 3.00 e. The maximum Gasteiger partial charge on any atom is 3.00 e. The van der Waals surface area contributed by atoms with E-state index in [-0.39, 0.29) is 137 Å². The number of benzene rings is 2. The van der Waals surface area contributed by atoms with Gasteiger partial charge in [-0.15, -0.1) is 0 Å². The summed E-state index contributed by atoms with van der Waals surface area (Å²) in [4.78, 5) is 183. The first-order valence-electron chi connectivity index (χ1n) is 40.6. The molecule has 17 atom stereocenters. The fourth-order valence-corrected chi connectivity index (χ4v) is 19.9. The molecule has 0 spiro atoms. The molecule has 2 aromatic heterocycles. The van der Waals surface area contributed by atoms with Gasteiger partial charge in [-0.25, -0.2) is 9.78 Å². The number of hydrogen-bond donors (Lipinski definition) is 16. The molecule has 4 aromatic rings. The summed E-state index contributed by atoms with van der Waals surface area (Å²) in [7, 11) is -3.53. The molecule has 8 bridgehead atoms. The number of phosphoric acid groups is 1. The Kier molecular flexibility index (Phi) is 31.4. The van der Waals surface area contributed by atoms with E-state index >= 15 is 0 Å². The quantitative estimate of drug-likeness (QED) is 0.0231. The Morgan fingerprint density at radius 1 is 0.800 bits per heavy atom. The van der Waals surface area contributed by atoms with Gasteiger partial charge in [0.25, 0.3) is 19.3 Å². The number of aliphatic carboxylic acids is 2. The summed E-state index contributed by atoms with van der Waals surface area (Å²) in [5.74, 6) is -9.99. The Morgan fingerprint density at radius 3 is 2.01 bits per heavy atom. The zero-order chi connectivity index (χ0) is 90.8. The molecule has 0 radical (unpaired) electrons. The smallest absolute Gasteiger partial charge is 0.756 e. The summed E-state index contributed by atoms with van der Waals surface area (Å²) in [6.07, 6.45) is -5.37. The van der Waals surface area contributed by atoms with Crippen molar-refractivity contribution >= 4 is 118 Å². The van der Waals surface area contributed by atoms with E-state index in [0.717, 1.165) is 16.8 Å². The molecule has 8 amide bonds. The van der Waals surface area contributed by atoms with E-state index in [4.69, 9.17) is 79.3 Å². The van der Waals surface area contributed by atoms with Crippen LogP contribution < -0.4 is 76.8 Å². The molecule has 0 aliphatic carbocycles. The monoisotopic (exact) mass is 1800 g/mol. The number of nitrogens with two attached hydrogens (primary N) is 7. The van der Waals surface area contributed by atoms with Gasteiger partial charge < -0.3 is 123 Å². The van der Waals surface area contributed by atoms with E-state index in [9.17, 15) is 77.5 Å². The molecule has 2 aromatic carbocycles. The number of carboxylic acid groups (broad SMARTS) is 2. The maximum atomic E-state index is 14.4. The number of aryl methyl sites for hydroxylation is 2. The number of aliphatic hydroxyl groups excluding tert-OH is 2. The third-order valence-corrected chi connectivity index (χ3v) is 26.9. The van der Waals surface area contributed by atoms with Crippen LogP contribution in [0.5, 0.6) is 0 Å². The van der Waals surface area contributed by atoms with Crippen LogP contribution in [0.1, 0.15) is 173 Å². The van der Waals surface area contributed by atoms with Crippen molar-refractivity contribution in [3.63, 3.8) is 0 Å². The summed E-state index contributed by atoms with van der Waals surface area (Å²) >= 11 is 0. The van der Waals surface area contributed by atoms with E-state index in [2.05, 4.69) is 36.2 Å². The number of nitrogens with one attached hydrogen (secondary N) is 5. The predicted octanol–water partition coefficient (Wildman–Crippen LogP) is 3.51. The predicted molar refractivity (Wildman–Crippen MR) is 459 cm³/mol. The molecule has 2 saturated heterocycles. The Balaban J connectivity index is 0.000000462. The fraction of sp³-hybridized carbons (Fsp3) is 0.554. The molecule has 7 aliphatic heterocycles. The average Bonchev–Trinajstić information content (AvgIpc) is 1.52. The van der Waals surface area contributed by atoms with Gasteiger partial charge in [-0.2, -0.15) is 10.7 Å². The van der Waals surface area contributed by atoms with E-state index in [0.29, 0.717) is 81.0 Å². The Labute approximate surface area is 733 Å². The van der Waals surface area contributed by atoms with Gasteiger partial charge in [0.15, 0.2) is 12.0 Å². The number of anilines is 4. The molecule has 682 valence electrons. The number of phosphoric ester groups is 1. The molecule has 7 aliphatic rings. The number of imidazole rings is 1. The molecule has 1 unspecified atom stereocenters. The number of carbonyl (C=O) groups is 10. The summed E-state index contributed by atoms with van der Waals surface area (Å²) in [6, 6.07) is 7.69. The molecule has 125 heavy (non-hydrogen) atoms. The van der Waals surface area contributed by atoms with Gasteiger partial charge >= 0.3 is 28.7 Å². The average molecular weight is 1800 g/mol.